The number of amides is 1. The first-order chi connectivity index (χ1) is 15.6. The predicted octanol–water partition coefficient (Wildman–Crippen LogP) is 6.48. The van der Waals surface area contributed by atoms with Crippen LogP contribution >= 0.6 is 23.1 Å². The summed E-state index contributed by atoms with van der Waals surface area (Å²) in [6.07, 6.45) is 0. The summed E-state index contributed by atoms with van der Waals surface area (Å²) in [7, 11) is 1.60. The summed E-state index contributed by atoms with van der Waals surface area (Å²) in [6, 6.07) is 21.4. The molecule has 0 aliphatic carbocycles. The van der Waals surface area contributed by atoms with Crippen molar-refractivity contribution in [1.82, 2.24) is 4.98 Å². The standard InChI is InChI=1S/C25H24N2O3S2/c1-4-30-18-11-12-19-22(15-18)31-25(27-19)32-23(17-8-6-5-7-9-17)24(28)26-20-14-16(2)10-13-21(20)29-3/h5-15,23H,4H2,1-3H3,(H,26,28). The second-order valence-corrected chi connectivity index (χ2v) is 9.53. The van der Waals surface area contributed by atoms with E-state index in [2.05, 4.69) is 5.32 Å². The molecule has 32 heavy (non-hydrogen) atoms. The molecule has 5 nitrogen and oxygen atoms in total. The number of hydrogen-bond donors (Lipinski definition) is 1. The lowest BCUT2D eigenvalue weighted by Gasteiger charge is -2.17. The van der Waals surface area contributed by atoms with E-state index >= 15 is 0 Å². The van der Waals surface area contributed by atoms with Crippen molar-refractivity contribution in [2.75, 3.05) is 19.0 Å². The van der Waals surface area contributed by atoms with Gasteiger partial charge in [-0.15, -0.1) is 11.3 Å². The lowest BCUT2D eigenvalue weighted by Crippen LogP contribution is -2.19. The molecule has 1 atom stereocenters. The number of anilines is 1. The number of aryl methyl sites for hydroxylation is 1. The molecule has 3 aromatic carbocycles. The second-order valence-electron chi connectivity index (χ2n) is 7.14. The van der Waals surface area contributed by atoms with Crippen LogP contribution in [0, 0.1) is 6.92 Å². The van der Waals surface area contributed by atoms with Gasteiger partial charge in [0.25, 0.3) is 0 Å². The highest BCUT2D eigenvalue weighted by Gasteiger charge is 2.25. The first-order valence-corrected chi connectivity index (χ1v) is 12.0. The molecule has 0 radical (unpaired) electrons. The summed E-state index contributed by atoms with van der Waals surface area (Å²) < 4.78 is 12.9. The van der Waals surface area contributed by atoms with E-state index in [4.69, 9.17) is 14.5 Å². The van der Waals surface area contributed by atoms with Crippen molar-refractivity contribution in [3.05, 3.63) is 77.9 Å². The Kier molecular flexibility index (Phi) is 6.97. The number of rotatable bonds is 8. The Morgan fingerprint density at radius 2 is 1.94 bits per heavy atom. The van der Waals surface area contributed by atoms with E-state index in [1.807, 2.05) is 80.6 Å². The minimum absolute atomic E-state index is 0.126. The fourth-order valence-electron chi connectivity index (χ4n) is 3.31. The minimum Gasteiger partial charge on any atom is -0.495 e. The fraction of sp³-hybridized carbons (Fsp3) is 0.200. The highest BCUT2D eigenvalue weighted by atomic mass is 32.2. The molecule has 0 saturated carbocycles. The SMILES string of the molecule is CCOc1ccc2nc(SC(C(=O)Nc3cc(C)ccc3OC)c3ccccc3)sc2c1. The van der Waals surface area contributed by atoms with Gasteiger partial charge in [-0.2, -0.15) is 0 Å². The van der Waals surface area contributed by atoms with E-state index in [-0.39, 0.29) is 5.91 Å². The van der Waals surface area contributed by atoms with Crippen LogP contribution in [0.3, 0.4) is 0 Å². The van der Waals surface area contributed by atoms with Gasteiger partial charge in [0.05, 0.1) is 29.6 Å². The van der Waals surface area contributed by atoms with Gasteiger partial charge in [0.2, 0.25) is 5.91 Å². The molecule has 1 N–H and O–H groups in total. The van der Waals surface area contributed by atoms with Crippen LogP contribution in [0.4, 0.5) is 5.69 Å². The molecule has 0 fully saturated rings. The minimum atomic E-state index is -0.464. The third-order valence-electron chi connectivity index (χ3n) is 4.82. The van der Waals surface area contributed by atoms with Crippen LogP contribution in [0.1, 0.15) is 23.3 Å². The van der Waals surface area contributed by atoms with Gasteiger partial charge in [0, 0.05) is 0 Å². The lowest BCUT2D eigenvalue weighted by atomic mass is 10.1. The van der Waals surface area contributed by atoms with Crippen molar-refractivity contribution in [2.24, 2.45) is 0 Å². The van der Waals surface area contributed by atoms with Crippen LogP contribution in [0.25, 0.3) is 10.2 Å². The third-order valence-corrected chi connectivity index (χ3v) is 7.19. The first kappa shape index (κ1) is 22.2. The number of carbonyl (C=O) groups is 1. The topological polar surface area (TPSA) is 60.5 Å². The smallest absolute Gasteiger partial charge is 0.242 e. The Hall–Kier alpha value is -3.03. The highest BCUT2D eigenvalue weighted by molar-refractivity contribution is 8.02. The molecule has 1 heterocycles. The van der Waals surface area contributed by atoms with Gasteiger partial charge in [0.15, 0.2) is 4.34 Å². The largest absolute Gasteiger partial charge is 0.495 e. The van der Waals surface area contributed by atoms with Gasteiger partial charge in [-0.3, -0.25) is 4.79 Å². The number of fused-ring (bicyclic) bond motifs is 1. The molecule has 164 valence electrons. The first-order valence-electron chi connectivity index (χ1n) is 10.3. The average Bonchev–Trinajstić information content (AvgIpc) is 3.20. The highest BCUT2D eigenvalue weighted by Crippen LogP contribution is 2.41. The molecule has 7 heteroatoms. The van der Waals surface area contributed by atoms with Crippen LogP contribution in [0.5, 0.6) is 11.5 Å². The zero-order valence-corrected chi connectivity index (χ0v) is 19.8. The van der Waals surface area contributed by atoms with Crippen molar-refractivity contribution in [1.29, 1.82) is 0 Å². The van der Waals surface area contributed by atoms with Crippen molar-refractivity contribution in [2.45, 2.75) is 23.4 Å². The summed E-state index contributed by atoms with van der Waals surface area (Å²) in [6.45, 7) is 4.56. The molecule has 0 spiro atoms. The van der Waals surface area contributed by atoms with E-state index in [0.717, 1.165) is 31.4 Å². The number of thiazole rings is 1. The Morgan fingerprint density at radius 1 is 1.12 bits per heavy atom. The van der Waals surface area contributed by atoms with Crippen molar-refractivity contribution >= 4 is 44.9 Å². The number of aromatic nitrogens is 1. The van der Waals surface area contributed by atoms with Crippen LogP contribution in [0.2, 0.25) is 0 Å². The summed E-state index contributed by atoms with van der Waals surface area (Å²) in [5.41, 5.74) is 3.51. The molecular weight excluding hydrogens is 440 g/mol. The number of thioether (sulfide) groups is 1. The van der Waals surface area contributed by atoms with E-state index in [0.29, 0.717) is 18.0 Å². The number of carbonyl (C=O) groups excluding carboxylic acids is 1. The number of benzene rings is 3. The number of hydrogen-bond acceptors (Lipinski definition) is 6. The van der Waals surface area contributed by atoms with Gasteiger partial charge in [-0.25, -0.2) is 4.98 Å². The molecule has 0 aliphatic heterocycles. The maximum Gasteiger partial charge on any atom is 0.242 e. The van der Waals surface area contributed by atoms with E-state index in [9.17, 15) is 4.79 Å². The van der Waals surface area contributed by atoms with Crippen LogP contribution in [-0.4, -0.2) is 24.6 Å². The summed E-state index contributed by atoms with van der Waals surface area (Å²) in [5.74, 6) is 1.33. The molecule has 0 aliphatic rings. The Balaban J connectivity index is 1.64. The summed E-state index contributed by atoms with van der Waals surface area (Å²) in [5, 5.41) is 2.59. The molecule has 1 amide bonds. The second kappa shape index (κ2) is 10.1. The monoisotopic (exact) mass is 464 g/mol. The number of nitrogens with one attached hydrogen (secondary N) is 1. The molecule has 0 saturated heterocycles. The molecular formula is C25H24N2O3S2. The summed E-state index contributed by atoms with van der Waals surface area (Å²) in [4.78, 5) is 18.2. The third kappa shape index (κ3) is 5.06. The Bertz CT molecular complexity index is 1220. The quantitative estimate of drug-likeness (QED) is 0.302. The fourth-order valence-corrected chi connectivity index (χ4v) is 5.60. The average molecular weight is 465 g/mol. The van der Waals surface area contributed by atoms with E-state index < -0.39 is 5.25 Å². The number of nitrogens with zero attached hydrogens (tertiary/aromatic N) is 1. The molecule has 4 rings (SSSR count). The van der Waals surface area contributed by atoms with E-state index in [1.54, 1.807) is 18.4 Å². The molecule has 1 aromatic heterocycles. The zero-order valence-electron chi connectivity index (χ0n) is 18.1. The predicted molar refractivity (Wildman–Crippen MR) is 132 cm³/mol. The van der Waals surface area contributed by atoms with E-state index in [1.165, 1.54) is 11.8 Å². The van der Waals surface area contributed by atoms with Crippen LogP contribution in [-0.2, 0) is 4.79 Å². The van der Waals surface area contributed by atoms with Gasteiger partial charge in [-0.1, -0.05) is 48.2 Å². The van der Waals surface area contributed by atoms with Crippen molar-refractivity contribution in [3.63, 3.8) is 0 Å². The molecule has 0 bridgehead atoms. The maximum absolute atomic E-state index is 13.4. The Morgan fingerprint density at radius 3 is 2.69 bits per heavy atom. The number of ether oxygens (including phenoxy) is 2. The van der Waals surface area contributed by atoms with Gasteiger partial charge in [-0.05, 0) is 55.3 Å². The lowest BCUT2D eigenvalue weighted by molar-refractivity contribution is -0.115. The van der Waals surface area contributed by atoms with Gasteiger partial charge in [0.1, 0.15) is 16.7 Å². The Labute approximate surface area is 195 Å². The molecule has 1 unspecified atom stereocenters. The number of methoxy groups -OCH3 is 1. The normalized spacial score (nSPS) is 11.8. The van der Waals surface area contributed by atoms with Gasteiger partial charge >= 0.3 is 0 Å². The van der Waals surface area contributed by atoms with Crippen molar-refractivity contribution < 1.29 is 14.3 Å². The summed E-state index contributed by atoms with van der Waals surface area (Å²) >= 11 is 3.01. The van der Waals surface area contributed by atoms with Crippen molar-refractivity contribution in [3.8, 4) is 11.5 Å². The van der Waals surface area contributed by atoms with Gasteiger partial charge < -0.3 is 14.8 Å². The van der Waals surface area contributed by atoms with Crippen LogP contribution in [0.15, 0.2) is 71.1 Å². The zero-order chi connectivity index (χ0) is 22.5. The van der Waals surface area contributed by atoms with Crippen LogP contribution < -0.4 is 14.8 Å². The molecule has 4 aromatic rings. The maximum atomic E-state index is 13.4.